The van der Waals surface area contributed by atoms with E-state index in [1.807, 2.05) is 0 Å². The van der Waals surface area contributed by atoms with Crippen LogP contribution < -0.4 is 11.1 Å². The number of carbonyl (C=O) groups is 2. The van der Waals surface area contributed by atoms with E-state index in [-0.39, 0.29) is 18.5 Å². The molecule has 0 aliphatic rings. The summed E-state index contributed by atoms with van der Waals surface area (Å²) in [6.07, 6.45) is -0.659. The molecule has 1 amide bonds. The number of carbonyl (C=O) groups excluding carboxylic acids is 1. The Hall–Kier alpha value is -1.79. The summed E-state index contributed by atoms with van der Waals surface area (Å²) in [4.78, 5) is 21.8. The minimum absolute atomic E-state index is 0.143. The zero-order chi connectivity index (χ0) is 14.4. The van der Waals surface area contributed by atoms with E-state index in [1.54, 1.807) is 12.1 Å². The summed E-state index contributed by atoms with van der Waals surface area (Å²) in [5.74, 6) is -1.55. The second kappa shape index (κ2) is 6.96. The lowest BCUT2D eigenvalue weighted by Gasteiger charge is -2.16. The average Bonchev–Trinajstić information content (AvgIpc) is 2.33. The van der Waals surface area contributed by atoms with Crippen LogP contribution in [0.3, 0.4) is 0 Å². The summed E-state index contributed by atoms with van der Waals surface area (Å²) in [6, 6.07) is 4.61. The Balaban J connectivity index is 2.78. The number of rotatable bonds is 7. The minimum atomic E-state index is -0.963. The largest absolute Gasteiger partial charge is 0.481 e. The van der Waals surface area contributed by atoms with Gasteiger partial charge < -0.3 is 20.9 Å². The number of hydrogen-bond donors (Lipinski definition) is 3. The molecular weight excluding hydrogens is 272 g/mol. The maximum absolute atomic E-state index is 11.2. The fourth-order valence-corrected chi connectivity index (χ4v) is 1.71. The fraction of sp³-hybridized carbons (Fsp3) is 0.333. The molecule has 1 rings (SSSR count). The molecule has 19 heavy (non-hydrogen) atoms. The number of aliphatic carboxylic acids is 1. The molecule has 7 heteroatoms. The summed E-state index contributed by atoms with van der Waals surface area (Å²) in [7, 11) is 1.42. The van der Waals surface area contributed by atoms with E-state index in [4.69, 9.17) is 27.2 Å². The van der Waals surface area contributed by atoms with E-state index >= 15 is 0 Å². The average molecular weight is 287 g/mol. The molecule has 0 saturated heterocycles. The maximum Gasteiger partial charge on any atom is 0.306 e. The number of methoxy groups -OCH3 is 1. The molecule has 0 saturated carbocycles. The van der Waals surface area contributed by atoms with E-state index < -0.39 is 18.0 Å². The van der Waals surface area contributed by atoms with Crippen LogP contribution in [0.25, 0.3) is 0 Å². The standard InChI is InChI=1S/C12H15ClN2O4/c1-19-8(5-11(16)17)6-15-10-4-7(13)2-3-9(10)12(14)18/h2-4,8,15H,5-6H2,1H3,(H2,14,18)(H,16,17). The van der Waals surface area contributed by atoms with Crippen LogP contribution in [0.4, 0.5) is 5.69 Å². The van der Waals surface area contributed by atoms with Crippen molar-refractivity contribution in [2.75, 3.05) is 19.0 Å². The topological polar surface area (TPSA) is 102 Å². The molecule has 0 aromatic heterocycles. The Morgan fingerprint density at radius 2 is 2.21 bits per heavy atom. The number of nitrogens with two attached hydrogens (primary N) is 1. The van der Waals surface area contributed by atoms with Crippen LogP contribution in [0.1, 0.15) is 16.8 Å². The van der Waals surface area contributed by atoms with Crippen molar-refractivity contribution in [1.29, 1.82) is 0 Å². The zero-order valence-corrected chi connectivity index (χ0v) is 11.1. The molecule has 0 aliphatic heterocycles. The number of halogens is 1. The van der Waals surface area contributed by atoms with E-state index in [9.17, 15) is 9.59 Å². The lowest BCUT2D eigenvalue weighted by Crippen LogP contribution is -2.26. The van der Waals surface area contributed by atoms with Gasteiger partial charge >= 0.3 is 5.97 Å². The van der Waals surface area contributed by atoms with Crippen molar-refractivity contribution in [3.63, 3.8) is 0 Å². The van der Waals surface area contributed by atoms with Gasteiger partial charge in [-0.2, -0.15) is 0 Å². The van der Waals surface area contributed by atoms with Gasteiger partial charge in [-0.15, -0.1) is 0 Å². The van der Waals surface area contributed by atoms with Gasteiger partial charge in [0.1, 0.15) is 0 Å². The molecule has 0 fully saturated rings. The molecule has 0 bridgehead atoms. The second-order valence-corrected chi connectivity index (χ2v) is 4.33. The lowest BCUT2D eigenvalue weighted by atomic mass is 10.1. The summed E-state index contributed by atoms with van der Waals surface area (Å²) in [5, 5.41) is 12.1. The number of amides is 1. The molecule has 104 valence electrons. The molecule has 0 heterocycles. The first-order valence-electron chi connectivity index (χ1n) is 5.52. The number of carboxylic acid groups (broad SMARTS) is 1. The van der Waals surface area contributed by atoms with Gasteiger partial charge in [0.25, 0.3) is 5.91 Å². The molecule has 4 N–H and O–H groups in total. The Morgan fingerprint density at radius 1 is 1.53 bits per heavy atom. The predicted molar refractivity (Wildman–Crippen MR) is 71.5 cm³/mol. The van der Waals surface area contributed by atoms with Crippen LogP contribution in [0, 0.1) is 0 Å². The van der Waals surface area contributed by atoms with Crippen molar-refractivity contribution in [2.24, 2.45) is 5.73 Å². The van der Waals surface area contributed by atoms with Crippen molar-refractivity contribution in [3.8, 4) is 0 Å². The highest BCUT2D eigenvalue weighted by atomic mass is 35.5. The van der Waals surface area contributed by atoms with Gasteiger partial charge in [0, 0.05) is 24.4 Å². The summed E-state index contributed by atoms with van der Waals surface area (Å²) >= 11 is 5.84. The normalized spacial score (nSPS) is 11.9. The van der Waals surface area contributed by atoms with E-state index in [0.29, 0.717) is 10.7 Å². The Labute approximate surface area is 115 Å². The highest BCUT2D eigenvalue weighted by molar-refractivity contribution is 6.31. The van der Waals surface area contributed by atoms with Gasteiger partial charge in [-0.05, 0) is 18.2 Å². The van der Waals surface area contributed by atoms with Crippen LogP contribution in [0.2, 0.25) is 5.02 Å². The van der Waals surface area contributed by atoms with Crippen molar-refractivity contribution in [3.05, 3.63) is 28.8 Å². The van der Waals surface area contributed by atoms with Gasteiger partial charge in [0.05, 0.1) is 18.1 Å². The van der Waals surface area contributed by atoms with Crippen molar-refractivity contribution in [2.45, 2.75) is 12.5 Å². The maximum atomic E-state index is 11.2. The fourth-order valence-electron chi connectivity index (χ4n) is 1.53. The molecule has 6 nitrogen and oxygen atoms in total. The summed E-state index contributed by atoms with van der Waals surface area (Å²) in [5.41, 5.74) is 5.97. The monoisotopic (exact) mass is 286 g/mol. The summed E-state index contributed by atoms with van der Waals surface area (Å²) in [6.45, 7) is 0.226. The second-order valence-electron chi connectivity index (χ2n) is 3.89. The van der Waals surface area contributed by atoms with Crippen LogP contribution in [0.5, 0.6) is 0 Å². The van der Waals surface area contributed by atoms with Crippen molar-refractivity contribution in [1.82, 2.24) is 0 Å². The minimum Gasteiger partial charge on any atom is -0.481 e. The highest BCUT2D eigenvalue weighted by Crippen LogP contribution is 2.21. The molecule has 0 aliphatic carbocycles. The first-order chi connectivity index (χ1) is 8.93. The number of anilines is 1. The molecule has 1 aromatic carbocycles. The van der Waals surface area contributed by atoms with Gasteiger partial charge in [-0.3, -0.25) is 9.59 Å². The van der Waals surface area contributed by atoms with Crippen LogP contribution in [-0.4, -0.2) is 36.7 Å². The third-order valence-corrected chi connectivity index (χ3v) is 2.74. The van der Waals surface area contributed by atoms with Crippen molar-refractivity contribution >= 4 is 29.2 Å². The Bertz CT molecular complexity index is 479. The number of ether oxygens (including phenoxy) is 1. The van der Waals surface area contributed by atoms with Crippen molar-refractivity contribution < 1.29 is 19.4 Å². The summed E-state index contributed by atoms with van der Waals surface area (Å²) < 4.78 is 5.02. The SMILES string of the molecule is COC(CNc1cc(Cl)ccc1C(N)=O)CC(=O)O. The first kappa shape index (κ1) is 15.3. The third kappa shape index (κ3) is 4.76. The van der Waals surface area contributed by atoms with Gasteiger partial charge in [0.15, 0.2) is 0 Å². The number of nitrogens with one attached hydrogen (secondary N) is 1. The smallest absolute Gasteiger partial charge is 0.306 e. The lowest BCUT2D eigenvalue weighted by molar-refractivity contribution is -0.139. The van der Waals surface area contributed by atoms with Gasteiger partial charge in [-0.1, -0.05) is 11.6 Å². The van der Waals surface area contributed by atoms with E-state index in [1.165, 1.54) is 13.2 Å². The number of primary amides is 1. The number of hydrogen-bond acceptors (Lipinski definition) is 4. The number of benzene rings is 1. The molecule has 1 atom stereocenters. The molecule has 0 radical (unpaired) electrons. The molecule has 0 spiro atoms. The number of carboxylic acids is 1. The van der Waals surface area contributed by atoms with Crippen LogP contribution >= 0.6 is 11.6 Å². The highest BCUT2D eigenvalue weighted by Gasteiger charge is 2.14. The molecular formula is C12H15ClN2O4. The van der Waals surface area contributed by atoms with Gasteiger partial charge in [-0.25, -0.2) is 0 Å². The zero-order valence-electron chi connectivity index (χ0n) is 10.4. The van der Waals surface area contributed by atoms with E-state index in [0.717, 1.165) is 0 Å². The first-order valence-corrected chi connectivity index (χ1v) is 5.89. The predicted octanol–water partition coefficient (Wildman–Crippen LogP) is 1.34. The third-order valence-electron chi connectivity index (χ3n) is 2.50. The van der Waals surface area contributed by atoms with Gasteiger partial charge in [0.2, 0.25) is 0 Å². The Kier molecular flexibility index (Phi) is 5.59. The quantitative estimate of drug-likeness (QED) is 0.702. The Morgan fingerprint density at radius 3 is 2.74 bits per heavy atom. The molecule has 1 unspecified atom stereocenters. The van der Waals surface area contributed by atoms with Crippen LogP contribution in [0.15, 0.2) is 18.2 Å². The van der Waals surface area contributed by atoms with Crippen LogP contribution in [-0.2, 0) is 9.53 Å². The molecule has 1 aromatic rings. The van der Waals surface area contributed by atoms with E-state index in [2.05, 4.69) is 5.32 Å².